The molecule has 2 N–H and O–H groups in total. The Bertz CT molecular complexity index is 1200. The van der Waals surface area contributed by atoms with Gasteiger partial charge in [0.25, 0.3) is 5.91 Å². The molecule has 7 nitrogen and oxygen atoms in total. The van der Waals surface area contributed by atoms with Gasteiger partial charge in [-0.25, -0.2) is 4.98 Å². The summed E-state index contributed by atoms with van der Waals surface area (Å²) in [5, 5.41) is 10.7. The number of nitrogens with zero attached hydrogens (tertiary/aromatic N) is 4. The number of H-pyrrole nitrogens is 1. The van der Waals surface area contributed by atoms with Crippen LogP contribution >= 0.6 is 12.2 Å². The summed E-state index contributed by atoms with van der Waals surface area (Å²) in [6, 6.07) is 13.2. The van der Waals surface area contributed by atoms with E-state index in [4.69, 9.17) is 17.2 Å². The Hall–Kier alpha value is -3.39. The number of benzene rings is 1. The summed E-state index contributed by atoms with van der Waals surface area (Å²) in [5.41, 5.74) is 3.02. The summed E-state index contributed by atoms with van der Waals surface area (Å²) in [6.45, 7) is 0.452. The van der Waals surface area contributed by atoms with Crippen LogP contribution in [0.25, 0.3) is 22.2 Å². The minimum atomic E-state index is -0.148. The van der Waals surface area contributed by atoms with Crippen molar-refractivity contribution in [2.45, 2.75) is 6.42 Å². The number of hydrogen-bond donors (Lipinski definition) is 2. The van der Waals surface area contributed by atoms with Crippen LogP contribution in [0, 0.1) is 4.77 Å². The molecule has 3 heterocycles. The van der Waals surface area contributed by atoms with Crippen LogP contribution in [-0.4, -0.2) is 37.2 Å². The van der Waals surface area contributed by atoms with Gasteiger partial charge in [0.1, 0.15) is 5.82 Å². The Morgan fingerprint density at radius 1 is 1.21 bits per heavy atom. The number of para-hydroxylation sites is 1. The van der Waals surface area contributed by atoms with Crippen molar-refractivity contribution >= 4 is 29.0 Å². The minimum absolute atomic E-state index is 0.148. The number of fused-ring (bicyclic) bond motifs is 1. The second-order valence-electron chi connectivity index (χ2n) is 6.32. The molecule has 8 heteroatoms. The van der Waals surface area contributed by atoms with E-state index in [1.54, 1.807) is 17.0 Å². The monoisotopic (exact) mass is 390 g/mol. The van der Waals surface area contributed by atoms with Crippen LogP contribution < -0.4 is 5.32 Å². The first-order valence-corrected chi connectivity index (χ1v) is 9.23. The van der Waals surface area contributed by atoms with Crippen LogP contribution in [0.1, 0.15) is 16.2 Å². The molecule has 28 heavy (non-hydrogen) atoms. The maximum absolute atomic E-state index is 12.9. The lowest BCUT2D eigenvalue weighted by Gasteiger charge is -2.10. The summed E-state index contributed by atoms with van der Waals surface area (Å²) in [5.74, 6) is 0.646. The van der Waals surface area contributed by atoms with Crippen molar-refractivity contribution in [3.8, 4) is 11.3 Å². The molecular formula is C20H18N6OS. The van der Waals surface area contributed by atoms with Crippen molar-refractivity contribution in [1.29, 1.82) is 0 Å². The quantitative estimate of drug-likeness (QED) is 0.511. The normalized spacial score (nSPS) is 10.9. The van der Waals surface area contributed by atoms with Gasteiger partial charge in [-0.3, -0.25) is 14.9 Å². The van der Waals surface area contributed by atoms with Gasteiger partial charge in [0.15, 0.2) is 4.77 Å². The molecule has 0 aliphatic carbocycles. The standard InChI is InChI=1S/C20H18N6OS/c1-26-18(24-25-20(26)28)8-11-22-19(27)15-12-17(13-6-9-21-10-7-13)23-16-5-3-2-4-14(15)16/h2-7,9-10,12H,8,11H2,1H3,(H,22,27)(H,25,28). The average molecular weight is 390 g/mol. The summed E-state index contributed by atoms with van der Waals surface area (Å²) in [7, 11) is 1.85. The number of carbonyl (C=O) groups excluding carboxylic acids is 1. The molecule has 0 fully saturated rings. The Balaban J connectivity index is 1.62. The van der Waals surface area contributed by atoms with Crippen LogP contribution in [0.4, 0.5) is 0 Å². The molecule has 0 unspecified atom stereocenters. The molecule has 0 aliphatic rings. The van der Waals surface area contributed by atoms with Gasteiger partial charge in [-0.2, -0.15) is 5.10 Å². The van der Waals surface area contributed by atoms with E-state index in [2.05, 4.69) is 20.5 Å². The smallest absolute Gasteiger partial charge is 0.252 e. The Morgan fingerprint density at radius 3 is 2.75 bits per heavy atom. The van der Waals surface area contributed by atoms with E-state index in [1.165, 1.54) is 0 Å². The topological polar surface area (TPSA) is 88.5 Å². The summed E-state index contributed by atoms with van der Waals surface area (Å²) < 4.78 is 2.36. The summed E-state index contributed by atoms with van der Waals surface area (Å²) in [4.78, 5) is 21.7. The highest BCUT2D eigenvalue weighted by Gasteiger charge is 2.14. The van der Waals surface area contributed by atoms with Gasteiger partial charge in [0, 0.05) is 43.4 Å². The minimum Gasteiger partial charge on any atom is -0.352 e. The molecule has 0 saturated carbocycles. The maximum Gasteiger partial charge on any atom is 0.252 e. The average Bonchev–Trinajstić information content (AvgIpc) is 3.05. The van der Waals surface area contributed by atoms with E-state index in [0.717, 1.165) is 28.0 Å². The molecule has 1 aromatic carbocycles. The van der Waals surface area contributed by atoms with Crippen molar-refractivity contribution in [1.82, 2.24) is 30.0 Å². The zero-order chi connectivity index (χ0) is 19.5. The molecule has 4 rings (SSSR count). The SMILES string of the molecule is Cn1c(CCNC(=O)c2cc(-c3ccncc3)nc3ccccc23)n[nH]c1=S. The highest BCUT2D eigenvalue weighted by Crippen LogP contribution is 2.24. The van der Waals surface area contributed by atoms with Crippen molar-refractivity contribution in [3.05, 3.63) is 71.0 Å². The molecule has 0 spiro atoms. The van der Waals surface area contributed by atoms with Crippen LogP contribution in [-0.2, 0) is 13.5 Å². The van der Waals surface area contributed by atoms with Crippen LogP contribution in [0.2, 0.25) is 0 Å². The number of amides is 1. The highest BCUT2D eigenvalue weighted by molar-refractivity contribution is 7.71. The maximum atomic E-state index is 12.9. The van der Waals surface area contributed by atoms with Gasteiger partial charge >= 0.3 is 0 Å². The molecular weight excluding hydrogens is 372 g/mol. The lowest BCUT2D eigenvalue weighted by atomic mass is 10.0. The van der Waals surface area contributed by atoms with E-state index < -0.39 is 0 Å². The van der Waals surface area contributed by atoms with Crippen LogP contribution in [0.5, 0.6) is 0 Å². The lowest BCUT2D eigenvalue weighted by molar-refractivity contribution is 0.0955. The fourth-order valence-electron chi connectivity index (χ4n) is 3.02. The first-order valence-electron chi connectivity index (χ1n) is 8.82. The predicted octanol–water partition coefficient (Wildman–Crippen LogP) is 3.06. The molecule has 3 aromatic heterocycles. The highest BCUT2D eigenvalue weighted by atomic mass is 32.1. The second-order valence-corrected chi connectivity index (χ2v) is 6.70. The van der Waals surface area contributed by atoms with E-state index in [-0.39, 0.29) is 5.91 Å². The van der Waals surface area contributed by atoms with Crippen molar-refractivity contribution in [3.63, 3.8) is 0 Å². The summed E-state index contributed by atoms with van der Waals surface area (Å²) in [6.07, 6.45) is 4.00. The number of hydrogen-bond acceptors (Lipinski definition) is 5. The molecule has 0 saturated heterocycles. The largest absolute Gasteiger partial charge is 0.352 e. The van der Waals surface area contributed by atoms with E-state index in [0.29, 0.717) is 23.3 Å². The first-order chi connectivity index (χ1) is 13.6. The molecule has 0 aliphatic heterocycles. The first kappa shape index (κ1) is 18.0. The van der Waals surface area contributed by atoms with Crippen LogP contribution in [0.15, 0.2) is 54.9 Å². The van der Waals surface area contributed by atoms with Gasteiger partial charge in [0.05, 0.1) is 16.8 Å². The van der Waals surface area contributed by atoms with Crippen molar-refractivity contribution in [2.75, 3.05) is 6.54 Å². The van der Waals surface area contributed by atoms with Gasteiger partial charge in [-0.15, -0.1) is 0 Å². The number of nitrogens with one attached hydrogen (secondary N) is 2. The number of aromatic nitrogens is 5. The zero-order valence-corrected chi connectivity index (χ0v) is 16.0. The number of aromatic amines is 1. The molecule has 0 atom stereocenters. The molecule has 1 amide bonds. The zero-order valence-electron chi connectivity index (χ0n) is 15.2. The predicted molar refractivity (Wildman–Crippen MR) is 109 cm³/mol. The third-order valence-corrected chi connectivity index (χ3v) is 4.91. The molecule has 0 bridgehead atoms. The molecule has 0 radical (unpaired) electrons. The number of rotatable bonds is 5. The van der Waals surface area contributed by atoms with E-state index in [1.807, 2.05) is 49.5 Å². The second kappa shape index (κ2) is 7.69. The van der Waals surface area contributed by atoms with Crippen molar-refractivity contribution < 1.29 is 4.79 Å². The van der Waals surface area contributed by atoms with Gasteiger partial charge in [-0.05, 0) is 36.5 Å². The Morgan fingerprint density at radius 2 is 2.00 bits per heavy atom. The third kappa shape index (κ3) is 3.54. The van der Waals surface area contributed by atoms with Gasteiger partial charge < -0.3 is 9.88 Å². The van der Waals surface area contributed by atoms with Gasteiger partial charge in [-0.1, -0.05) is 18.2 Å². The number of pyridine rings is 2. The Labute approximate surface area is 166 Å². The lowest BCUT2D eigenvalue weighted by Crippen LogP contribution is -2.26. The fraction of sp³-hybridized carbons (Fsp3) is 0.150. The third-order valence-electron chi connectivity index (χ3n) is 4.54. The van der Waals surface area contributed by atoms with E-state index >= 15 is 0 Å². The molecule has 140 valence electrons. The fourth-order valence-corrected chi connectivity index (χ4v) is 3.17. The Kier molecular flexibility index (Phi) is 4.94. The number of carbonyl (C=O) groups is 1. The summed E-state index contributed by atoms with van der Waals surface area (Å²) >= 11 is 5.11. The van der Waals surface area contributed by atoms with Gasteiger partial charge in [0.2, 0.25) is 0 Å². The van der Waals surface area contributed by atoms with E-state index in [9.17, 15) is 4.79 Å². The molecule has 4 aromatic rings. The van der Waals surface area contributed by atoms with Crippen LogP contribution in [0.3, 0.4) is 0 Å². The van der Waals surface area contributed by atoms with Crippen molar-refractivity contribution in [2.24, 2.45) is 7.05 Å².